The van der Waals surface area contributed by atoms with Crippen molar-refractivity contribution in [1.29, 1.82) is 0 Å². The fourth-order valence-corrected chi connectivity index (χ4v) is 2.44. The van der Waals surface area contributed by atoms with Crippen molar-refractivity contribution >= 4 is 17.6 Å². The summed E-state index contributed by atoms with van der Waals surface area (Å²) in [5.41, 5.74) is 7.73. The van der Waals surface area contributed by atoms with Crippen LogP contribution in [0, 0.1) is 0 Å². The standard InChI is InChI=1S/C19H23N3O3/c1-13(15-6-8-16(9-7-15)22-19(20)24)21-18(23)12-5-14-3-10-17(25-2)11-4-14/h3-4,6-11,13H,5,12H2,1-2H3,(H,21,23)(H3,20,22,24)/t13-/m1/s1. The Morgan fingerprint density at radius 3 is 2.28 bits per heavy atom. The third kappa shape index (κ3) is 5.84. The van der Waals surface area contributed by atoms with Crippen molar-refractivity contribution in [2.75, 3.05) is 12.4 Å². The molecule has 0 fully saturated rings. The van der Waals surface area contributed by atoms with Crippen LogP contribution in [-0.2, 0) is 11.2 Å². The van der Waals surface area contributed by atoms with E-state index in [1.807, 2.05) is 43.3 Å². The van der Waals surface area contributed by atoms with E-state index in [4.69, 9.17) is 10.5 Å². The van der Waals surface area contributed by atoms with Gasteiger partial charge in [-0.2, -0.15) is 0 Å². The van der Waals surface area contributed by atoms with Crippen LogP contribution in [0.3, 0.4) is 0 Å². The molecule has 0 aliphatic carbocycles. The number of rotatable bonds is 7. The zero-order valence-electron chi connectivity index (χ0n) is 14.4. The van der Waals surface area contributed by atoms with Gasteiger partial charge in [-0.15, -0.1) is 0 Å². The van der Waals surface area contributed by atoms with E-state index in [1.54, 1.807) is 19.2 Å². The molecule has 0 unspecified atom stereocenters. The zero-order valence-corrected chi connectivity index (χ0v) is 14.4. The number of nitrogens with two attached hydrogens (primary N) is 1. The number of aryl methyl sites for hydroxylation is 1. The maximum Gasteiger partial charge on any atom is 0.316 e. The van der Waals surface area contributed by atoms with Gasteiger partial charge in [-0.3, -0.25) is 4.79 Å². The molecule has 0 bridgehead atoms. The molecule has 2 aromatic carbocycles. The summed E-state index contributed by atoms with van der Waals surface area (Å²) in [6, 6.07) is 14.2. The molecule has 0 radical (unpaired) electrons. The van der Waals surface area contributed by atoms with E-state index >= 15 is 0 Å². The molecule has 6 heteroatoms. The number of benzene rings is 2. The lowest BCUT2D eigenvalue weighted by atomic mass is 10.1. The van der Waals surface area contributed by atoms with E-state index in [1.165, 1.54) is 0 Å². The Labute approximate surface area is 147 Å². The van der Waals surface area contributed by atoms with Crippen LogP contribution in [0.15, 0.2) is 48.5 Å². The van der Waals surface area contributed by atoms with Gasteiger partial charge in [0.1, 0.15) is 5.75 Å². The van der Waals surface area contributed by atoms with Crippen LogP contribution in [-0.4, -0.2) is 19.0 Å². The van der Waals surface area contributed by atoms with Gasteiger partial charge in [0.05, 0.1) is 13.2 Å². The molecular formula is C19H23N3O3. The largest absolute Gasteiger partial charge is 0.497 e. The van der Waals surface area contributed by atoms with E-state index in [9.17, 15) is 9.59 Å². The number of nitrogens with one attached hydrogen (secondary N) is 2. The minimum absolute atomic E-state index is 0.0114. The molecule has 0 saturated carbocycles. The second kappa shape index (κ2) is 8.73. The Bertz CT molecular complexity index is 712. The number of primary amides is 1. The van der Waals surface area contributed by atoms with Gasteiger partial charge < -0.3 is 21.1 Å². The number of carbonyl (C=O) groups excluding carboxylic acids is 2. The first-order valence-corrected chi connectivity index (χ1v) is 8.06. The lowest BCUT2D eigenvalue weighted by Gasteiger charge is -2.15. The average Bonchev–Trinajstić information content (AvgIpc) is 2.60. The third-order valence-electron chi connectivity index (χ3n) is 3.86. The topological polar surface area (TPSA) is 93.4 Å². The molecule has 3 amide bonds. The highest BCUT2D eigenvalue weighted by Gasteiger charge is 2.10. The van der Waals surface area contributed by atoms with Crippen molar-refractivity contribution in [1.82, 2.24) is 5.32 Å². The van der Waals surface area contributed by atoms with Crippen molar-refractivity contribution in [3.05, 3.63) is 59.7 Å². The Hall–Kier alpha value is -3.02. The molecule has 0 aliphatic heterocycles. The second-order valence-electron chi connectivity index (χ2n) is 5.75. The maximum atomic E-state index is 12.1. The molecular weight excluding hydrogens is 318 g/mol. The zero-order chi connectivity index (χ0) is 18.2. The number of methoxy groups -OCH3 is 1. The van der Waals surface area contributed by atoms with E-state index in [0.29, 0.717) is 18.5 Å². The molecule has 4 N–H and O–H groups in total. The second-order valence-corrected chi connectivity index (χ2v) is 5.75. The fraction of sp³-hybridized carbons (Fsp3) is 0.263. The molecule has 0 saturated heterocycles. The number of anilines is 1. The van der Waals surface area contributed by atoms with Crippen molar-refractivity contribution in [2.45, 2.75) is 25.8 Å². The van der Waals surface area contributed by atoms with E-state index in [-0.39, 0.29) is 11.9 Å². The van der Waals surface area contributed by atoms with Crippen LogP contribution in [0.2, 0.25) is 0 Å². The number of hydrogen-bond donors (Lipinski definition) is 3. The first kappa shape index (κ1) is 18.3. The van der Waals surface area contributed by atoms with Crippen LogP contribution in [0.4, 0.5) is 10.5 Å². The van der Waals surface area contributed by atoms with Crippen LogP contribution >= 0.6 is 0 Å². The normalized spacial score (nSPS) is 11.4. The van der Waals surface area contributed by atoms with Crippen molar-refractivity contribution in [3.8, 4) is 5.75 Å². The minimum Gasteiger partial charge on any atom is -0.497 e. The first-order chi connectivity index (χ1) is 12.0. The number of amides is 3. The minimum atomic E-state index is -0.604. The fourth-order valence-electron chi connectivity index (χ4n) is 2.44. The van der Waals surface area contributed by atoms with Crippen LogP contribution < -0.4 is 21.1 Å². The molecule has 2 rings (SSSR count). The predicted molar refractivity (Wildman–Crippen MR) is 97.5 cm³/mol. The maximum absolute atomic E-state index is 12.1. The lowest BCUT2D eigenvalue weighted by Crippen LogP contribution is -2.26. The van der Waals surface area contributed by atoms with Gasteiger partial charge in [0.25, 0.3) is 0 Å². The average molecular weight is 341 g/mol. The summed E-state index contributed by atoms with van der Waals surface area (Å²) in [6.45, 7) is 1.92. The Morgan fingerprint density at radius 2 is 1.72 bits per heavy atom. The SMILES string of the molecule is COc1ccc(CCC(=O)N[C@H](C)c2ccc(NC(N)=O)cc2)cc1. The molecule has 6 nitrogen and oxygen atoms in total. The van der Waals surface area contributed by atoms with Crippen molar-refractivity contribution in [3.63, 3.8) is 0 Å². The van der Waals surface area contributed by atoms with Crippen molar-refractivity contribution < 1.29 is 14.3 Å². The Morgan fingerprint density at radius 1 is 1.08 bits per heavy atom. The van der Waals surface area contributed by atoms with Gasteiger partial charge in [0.2, 0.25) is 5.91 Å². The summed E-state index contributed by atoms with van der Waals surface area (Å²) in [4.78, 5) is 22.9. The number of urea groups is 1. The summed E-state index contributed by atoms with van der Waals surface area (Å²) in [5.74, 6) is 0.791. The van der Waals surface area contributed by atoms with Crippen LogP contribution in [0.1, 0.15) is 30.5 Å². The van der Waals surface area contributed by atoms with Gasteiger partial charge in [-0.25, -0.2) is 4.79 Å². The molecule has 0 heterocycles. The smallest absolute Gasteiger partial charge is 0.316 e. The number of carbonyl (C=O) groups is 2. The van der Waals surface area contributed by atoms with E-state index < -0.39 is 6.03 Å². The van der Waals surface area contributed by atoms with E-state index in [2.05, 4.69) is 10.6 Å². The Kier molecular flexibility index (Phi) is 6.39. The van der Waals surface area contributed by atoms with E-state index in [0.717, 1.165) is 16.9 Å². The van der Waals surface area contributed by atoms with Crippen LogP contribution in [0.25, 0.3) is 0 Å². The van der Waals surface area contributed by atoms with Gasteiger partial charge >= 0.3 is 6.03 Å². The van der Waals surface area contributed by atoms with Crippen LogP contribution in [0.5, 0.6) is 5.75 Å². The Balaban J connectivity index is 1.83. The van der Waals surface area contributed by atoms with Crippen molar-refractivity contribution in [2.24, 2.45) is 5.73 Å². The van der Waals surface area contributed by atoms with Gasteiger partial charge in [-0.1, -0.05) is 24.3 Å². The molecule has 25 heavy (non-hydrogen) atoms. The summed E-state index contributed by atoms with van der Waals surface area (Å²) in [7, 11) is 1.63. The predicted octanol–water partition coefficient (Wildman–Crippen LogP) is 3.00. The van der Waals surface area contributed by atoms with Gasteiger partial charge in [0.15, 0.2) is 0 Å². The molecule has 0 aliphatic rings. The summed E-state index contributed by atoms with van der Waals surface area (Å²) >= 11 is 0. The highest BCUT2D eigenvalue weighted by atomic mass is 16.5. The quantitative estimate of drug-likeness (QED) is 0.722. The van der Waals surface area contributed by atoms with Gasteiger partial charge in [-0.05, 0) is 48.7 Å². The third-order valence-corrected chi connectivity index (χ3v) is 3.86. The molecule has 0 aromatic heterocycles. The molecule has 132 valence electrons. The van der Waals surface area contributed by atoms with Gasteiger partial charge in [0, 0.05) is 12.1 Å². The first-order valence-electron chi connectivity index (χ1n) is 8.06. The number of hydrogen-bond acceptors (Lipinski definition) is 3. The summed E-state index contributed by atoms with van der Waals surface area (Å²) < 4.78 is 5.12. The lowest BCUT2D eigenvalue weighted by molar-refractivity contribution is -0.121. The highest BCUT2D eigenvalue weighted by molar-refractivity contribution is 5.87. The summed E-state index contributed by atoms with van der Waals surface area (Å²) in [5, 5.41) is 5.47. The number of ether oxygens (including phenoxy) is 1. The summed E-state index contributed by atoms with van der Waals surface area (Å²) in [6.07, 6.45) is 1.09. The molecule has 2 aromatic rings. The monoisotopic (exact) mass is 341 g/mol. The highest BCUT2D eigenvalue weighted by Crippen LogP contribution is 2.17. The molecule has 0 spiro atoms. The molecule has 1 atom stereocenters.